The third kappa shape index (κ3) is 3.49. The van der Waals surface area contributed by atoms with Crippen molar-refractivity contribution in [3.8, 4) is 11.8 Å². The third-order valence-electron chi connectivity index (χ3n) is 2.09. The Morgan fingerprint density at radius 2 is 2.20 bits per heavy atom. The minimum absolute atomic E-state index is 0.233. The number of halogens is 2. The number of ether oxygens (including phenoxy) is 1. The fourth-order valence-corrected chi connectivity index (χ4v) is 1.36. The topological polar surface area (TPSA) is 113 Å². The number of benzene rings is 1. The molecule has 0 saturated heterocycles. The molecule has 7 nitrogen and oxygen atoms in total. The van der Waals surface area contributed by atoms with Crippen molar-refractivity contribution in [2.24, 2.45) is 0 Å². The van der Waals surface area contributed by atoms with Crippen molar-refractivity contribution < 1.29 is 28.3 Å². The van der Waals surface area contributed by atoms with Gasteiger partial charge in [-0.1, -0.05) is 0 Å². The molecule has 0 amide bonds. The Bertz CT molecular complexity index is 622. The van der Waals surface area contributed by atoms with Gasteiger partial charge in [-0.15, -0.1) is 0 Å². The molecule has 0 radical (unpaired) electrons. The molecule has 0 fully saturated rings. The first-order valence-electron chi connectivity index (χ1n) is 4.94. The van der Waals surface area contributed by atoms with Crippen molar-refractivity contribution in [2.45, 2.75) is 6.61 Å². The molecule has 0 bridgehead atoms. The van der Waals surface area contributed by atoms with Gasteiger partial charge in [-0.05, 0) is 12.1 Å². The van der Waals surface area contributed by atoms with E-state index in [9.17, 15) is 23.7 Å². The molecule has 1 rings (SSSR count). The fraction of sp³-hybridized carbons (Fsp3) is 0.0909. The maximum absolute atomic E-state index is 12.3. The Labute approximate surface area is 110 Å². The lowest BCUT2D eigenvalue weighted by atomic mass is 10.1. The number of hydrogen-bond donors (Lipinski definition) is 1. The maximum Gasteiger partial charge on any atom is 0.387 e. The molecular formula is C11H6F2N2O5. The summed E-state index contributed by atoms with van der Waals surface area (Å²) in [6, 6.07) is 3.45. The van der Waals surface area contributed by atoms with E-state index in [0.29, 0.717) is 6.08 Å². The highest BCUT2D eigenvalue weighted by Crippen LogP contribution is 2.35. The molecule has 0 saturated carbocycles. The first-order valence-corrected chi connectivity index (χ1v) is 4.94. The number of carboxylic acid groups (broad SMARTS) is 1. The Morgan fingerprint density at radius 1 is 1.55 bits per heavy atom. The molecule has 1 aromatic rings. The first kappa shape index (κ1) is 15.0. The van der Waals surface area contributed by atoms with Crippen LogP contribution in [-0.2, 0) is 4.79 Å². The second-order valence-electron chi connectivity index (χ2n) is 3.29. The second kappa shape index (κ2) is 6.24. The fourth-order valence-electron chi connectivity index (χ4n) is 1.36. The summed E-state index contributed by atoms with van der Waals surface area (Å²) in [7, 11) is 0. The van der Waals surface area contributed by atoms with Crippen LogP contribution in [0, 0.1) is 21.4 Å². The summed E-state index contributed by atoms with van der Waals surface area (Å²) in [4.78, 5) is 20.2. The van der Waals surface area contributed by atoms with Gasteiger partial charge < -0.3 is 9.84 Å². The molecule has 0 aliphatic heterocycles. The quantitative estimate of drug-likeness (QED) is 0.503. The molecule has 104 valence electrons. The molecule has 9 heteroatoms. The summed E-state index contributed by atoms with van der Waals surface area (Å²) >= 11 is 0. The van der Waals surface area contributed by atoms with Gasteiger partial charge in [0.2, 0.25) is 5.75 Å². The van der Waals surface area contributed by atoms with E-state index in [2.05, 4.69) is 4.74 Å². The summed E-state index contributed by atoms with van der Waals surface area (Å²) in [6.45, 7) is -3.36. The van der Waals surface area contributed by atoms with E-state index >= 15 is 0 Å². The molecule has 0 unspecified atom stereocenters. The highest BCUT2D eigenvalue weighted by atomic mass is 19.3. The van der Waals surface area contributed by atoms with Crippen LogP contribution in [0.4, 0.5) is 14.5 Å². The number of nitrogens with zero attached hydrogens (tertiary/aromatic N) is 2. The molecule has 0 heterocycles. The number of nitro benzene ring substituents is 1. The molecule has 0 aromatic heterocycles. The van der Waals surface area contributed by atoms with Gasteiger partial charge in [0.15, 0.2) is 0 Å². The summed E-state index contributed by atoms with van der Waals surface area (Å²) in [5, 5.41) is 28.1. The number of aliphatic carboxylic acids is 1. The Hall–Kier alpha value is -3.02. The van der Waals surface area contributed by atoms with Gasteiger partial charge in [-0.3, -0.25) is 10.1 Å². The minimum Gasteiger partial charge on any atom is -0.478 e. The zero-order chi connectivity index (χ0) is 15.3. The van der Waals surface area contributed by atoms with Gasteiger partial charge in [-0.2, -0.15) is 14.0 Å². The summed E-state index contributed by atoms with van der Waals surface area (Å²) in [6.07, 6.45) is 1.34. The number of nitriles is 1. The van der Waals surface area contributed by atoms with Crippen molar-refractivity contribution in [2.75, 3.05) is 0 Å². The second-order valence-corrected chi connectivity index (χ2v) is 3.29. The lowest BCUT2D eigenvalue weighted by Crippen LogP contribution is -2.07. The lowest BCUT2D eigenvalue weighted by Gasteiger charge is -2.09. The number of carbonyl (C=O) groups is 1. The van der Waals surface area contributed by atoms with Gasteiger partial charge in [0.1, 0.15) is 0 Å². The Balaban J connectivity index is 3.55. The maximum atomic E-state index is 12.3. The van der Waals surface area contributed by atoms with Gasteiger partial charge >= 0.3 is 18.3 Å². The average Bonchev–Trinajstić information content (AvgIpc) is 2.35. The molecule has 0 atom stereocenters. The Morgan fingerprint density at radius 3 is 2.65 bits per heavy atom. The summed E-state index contributed by atoms with van der Waals surface area (Å²) < 4.78 is 28.7. The lowest BCUT2D eigenvalue weighted by molar-refractivity contribution is -0.386. The minimum atomic E-state index is -3.36. The van der Waals surface area contributed by atoms with Crippen LogP contribution < -0.4 is 4.74 Å². The SMILES string of the molecule is N#Cc1ccc([N+](=O)[O-])c(OC(F)F)c1/C=C/C(=O)O. The highest BCUT2D eigenvalue weighted by Gasteiger charge is 2.24. The summed E-state index contributed by atoms with van der Waals surface area (Å²) in [5.74, 6) is -2.27. The standard InChI is InChI=1S/C11H6F2N2O5/c12-11(13)20-10-7(2-4-9(16)17)6(5-14)1-3-8(10)15(18)19/h1-4,11H,(H,16,17)/b4-2+. The molecule has 1 aromatic carbocycles. The summed E-state index contributed by atoms with van der Waals surface area (Å²) in [5.41, 5.74) is -1.43. The third-order valence-corrected chi connectivity index (χ3v) is 2.09. The first-order chi connectivity index (χ1) is 9.36. The van der Waals surface area contributed by atoms with Gasteiger partial charge in [-0.25, -0.2) is 4.79 Å². The van der Waals surface area contributed by atoms with Crippen LogP contribution in [0.15, 0.2) is 18.2 Å². The van der Waals surface area contributed by atoms with Crippen molar-refractivity contribution in [1.29, 1.82) is 5.26 Å². The highest BCUT2D eigenvalue weighted by molar-refractivity contribution is 5.87. The number of hydrogen-bond acceptors (Lipinski definition) is 5. The average molecular weight is 284 g/mol. The van der Waals surface area contributed by atoms with E-state index in [1.165, 1.54) is 0 Å². The van der Waals surface area contributed by atoms with Crippen LogP contribution in [0.25, 0.3) is 6.08 Å². The predicted molar refractivity (Wildman–Crippen MR) is 61.1 cm³/mol. The van der Waals surface area contributed by atoms with Crippen molar-refractivity contribution in [3.05, 3.63) is 39.4 Å². The Kier molecular flexibility index (Phi) is 4.69. The number of alkyl halides is 2. The zero-order valence-electron chi connectivity index (χ0n) is 9.62. The van der Waals surface area contributed by atoms with Gasteiger partial charge in [0.25, 0.3) is 0 Å². The zero-order valence-corrected chi connectivity index (χ0v) is 9.62. The van der Waals surface area contributed by atoms with Crippen molar-refractivity contribution in [3.63, 3.8) is 0 Å². The molecule has 20 heavy (non-hydrogen) atoms. The van der Waals surface area contributed by atoms with Crippen LogP contribution in [0.3, 0.4) is 0 Å². The largest absolute Gasteiger partial charge is 0.478 e. The normalized spacial score (nSPS) is 10.5. The smallest absolute Gasteiger partial charge is 0.387 e. The van der Waals surface area contributed by atoms with E-state index in [4.69, 9.17) is 10.4 Å². The number of carboxylic acids is 1. The van der Waals surface area contributed by atoms with Gasteiger partial charge in [0, 0.05) is 17.7 Å². The molecule has 0 aliphatic carbocycles. The van der Waals surface area contributed by atoms with E-state index in [1.807, 2.05) is 0 Å². The molecular weight excluding hydrogens is 278 g/mol. The van der Waals surface area contributed by atoms with Crippen LogP contribution in [0.2, 0.25) is 0 Å². The molecule has 1 N–H and O–H groups in total. The van der Waals surface area contributed by atoms with E-state index in [1.54, 1.807) is 6.07 Å². The van der Waals surface area contributed by atoms with Crippen LogP contribution in [-0.4, -0.2) is 22.6 Å². The van der Waals surface area contributed by atoms with Gasteiger partial charge in [0.05, 0.1) is 16.6 Å². The molecule has 0 aliphatic rings. The predicted octanol–water partition coefficient (Wildman–Crippen LogP) is 2.17. The number of nitro groups is 1. The van der Waals surface area contributed by atoms with E-state index < -0.39 is 34.5 Å². The molecule has 0 spiro atoms. The van der Waals surface area contributed by atoms with Crippen molar-refractivity contribution >= 4 is 17.7 Å². The van der Waals surface area contributed by atoms with Crippen LogP contribution >= 0.6 is 0 Å². The van der Waals surface area contributed by atoms with Crippen molar-refractivity contribution in [1.82, 2.24) is 0 Å². The van der Waals surface area contributed by atoms with E-state index in [0.717, 1.165) is 18.2 Å². The van der Waals surface area contributed by atoms with E-state index in [-0.39, 0.29) is 5.56 Å². The van der Waals surface area contributed by atoms with Crippen LogP contribution in [0.5, 0.6) is 5.75 Å². The number of rotatable bonds is 5. The van der Waals surface area contributed by atoms with Crippen LogP contribution in [0.1, 0.15) is 11.1 Å². The monoisotopic (exact) mass is 284 g/mol.